The van der Waals surface area contributed by atoms with E-state index in [9.17, 15) is 4.79 Å². The molecule has 3 rings (SSSR count). The molecule has 0 aliphatic carbocycles. The second-order valence-electron chi connectivity index (χ2n) is 6.88. The number of carbonyl (C=O) groups excluding carboxylic acids is 1. The van der Waals surface area contributed by atoms with Gasteiger partial charge in [0.2, 0.25) is 5.91 Å². The van der Waals surface area contributed by atoms with Gasteiger partial charge >= 0.3 is 0 Å². The molecule has 0 saturated carbocycles. The van der Waals surface area contributed by atoms with Crippen molar-refractivity contribution < 1.29 is 4.79 Å². The first-order chi connectivity index (χ1) is 10.2. The number of likely N-dealkylation sites (tertiary alicyclic amines) is 2. The molecule has 1 amide bonds. The molecule has 2 fully saturated rings. The Kier molecular flexibility index (Phi) is 4.29. The Balaban J connectivity index is 1.62. The van der Waals surface area contributed by atoms with Gasteiger partial charge in [-0.05, 0) is 56.8 Å². The maximum Gasteiger partial charge on any atom is 0.227 e. The molecule has 1 aromatic carbocycles. The summed E-state index contributed by atoms with van der Waals surface area (Å²) < 4.78 is 0. The van der Waals surface area contributed by atoms with E-state index in [0.29, 0.717) is 17.7 Å². The second kappa shape index (κ2) is 6.18. The number of amides is 1. The van der Waals surface area contributed by atoms with Crippen LogP contribution in [-0.4, -0.2) is 48.9 Å². The summed E-state index contributed by atoms with van der Waals surface area (Å²) in [5, 5.41) is 0. The lowest BCUT2D eigenvalue weighted by atomic mass is 9.72. The molecule has 0 bridgehead atoms. The van der Waals surface area contributed by atoms with E-state index in [1.807, 2.05) is 30.3 Å². The van der Waals surface area contributed by atoms with Crippen molar-refractivity contribution in [3.63, 3.8) is 0 Å². The van der Waals surface area contributed by atoms with Gasteiger partial charge in [-0.2, -0.15) is 0 Å². The summed E-state index contributed by atoms with van der Waals surface area (Å²) in [6.07, 6.45) is 5.52. The van der Waals surface area contributed by atoms with Crippen LogP contribution in [0.25, 0.3) is 0 Å². The van der Waals surface area contributed by atoms with Crippen molar-refractivity contribution in [2.45, 2.75) is 32.1 Å². The normalized spacial score (nSPS) is 22.4. The van der Waals surface area contributed by atoms with Crippen LogP contribution in [-0.2, 0) is 11.2 Å². The van der Waals surface area contributed by atoms with Crippen LogP contribution < -0.4 is 0 Å². The number of benzene rings is 1. The molecule has 1 spiro atoms. The molecular weight excluding hydrogens is 260 g/mol. The fourth-order valence-electron chi connectivity index (χ4n) is 3.80. The van der Waals surface area contributed by atoms with Crippen LogP contribution in [0.4, 0.5) is 0 Å². The van der Waals surface area contributed by atoms with Gasteiger partial charge in [0.1, 0.15) is 0 Å². The van der Waals surface area contributed by atoms with Crippen LogP contribution in [0.5, 0.6) is 0 Å². The first kappa shape index (κ1) is 14.6. The van der Waals surface area contributed by atoms with E-state index in [4.69, 9.17) is 0 Å². The first-order valence-electron chi connectivity index (χ1n) is 8.17. The van der Waals surface area contributed by atoms with Crippen LogP contribution in [0.1, 0.15) is 31.2 Å². The molecule has 114 valence electrons. The Morgan fingerprint density at radius 1 is 1.10 bits per heavy atom. The standard InChI is InChI=1S/C18H26N2O/c1-19-12-9-18(10-13-19)8-5-11-20(15-18)17(21)14-16-6-3-2-4-7-16/h2-4,6-7H,5,8-15H2,1H3. The third kappa shape index (κ3) is 3.46. The van der Waals surface area contributed by atoms with Crippen molar-refractivity contribution in [2.75, 3.05) is 33.2 Å². The molecule has 0 N–H and O–H groups in total. The molecule has 2 aliphatic rings. The Morgan fingerprint density at radius 3 is 2.52 bits per heavy atom. The van der Waals surface area contributed by atoms with Crippen molar-refractivity contribution in [1.29, 1.82) is 0 Å². The molecular formula is C18H26N2O. The van der Waals surface area contributed by atoms with Gasteiger partial charge in [0.05, 0.1) is 6.42 Å². The minimum atomic E-state index is 0.305. The summed E-state index contributed by atoms with van der Waals surface area (Å²) in [5.74, 6) is 0.305. The van der Waals surface area contributed by atoms with E-state index < -0.39 is 0 Å². The van der Waals surface area contributed by atoms with Crippen LogP contribution in [0, 0.1) is 5.41 Å². The van der Waals surface area contributed by atoms with Gasteiger partial charge in [-0.3, -0.25) is 4.79 Å². The lowest BCUT2D eigenvalue weighted by Gasteiger charge is -2.47. The number of carbonyl (C=O) groups is 1. The zero-order valence-electron chi connectivity index (χ0n) is 13.1. The lowest BCUT2D eigenvalue weighted by molar-refractivity contribution is -0.135. The minimum Gasteiger partial charge on any atom is -0.342 e. The Morgan fingerprint density at radius 2 is 1.81 bits per heavy atom. The molecule has 2 aliphatic heterocycles. The summed E-state index contributed by atoms with van der Waals surface area (Å²) in [5.41, 5.74) is 1.53. The third-order valence-corrected chi connectivity index (χ3v) is 5.26. The molecule has 3 heteroatoms. The molecule has 3 nitrogen and oxygen atoms in total. The molecule has 21 heavy (non-hydrogen) atoms. The SMILES string of the molecule is CN1CCC2(CCCN(C(=O)Cc3ccccc3)C2)CC1. The van der Waals surface area contributed by atoms with Crippen LogP contribution >= 0.6 is 0 Å². The fourth-order valence-corrected chi connectivity index (χ4v) is 3.80. The van der Waals surface area contributed by atoms with Crippen molar-refractivity contribution in [3.8, 4) is 0 Å². The molecule has 2 saturated heterocycles. The maximum atomic E-state index is 12.6. The molecule has 0 radical (unpaired) electrons. The van der Waals surface area contributed by atoms with Crippen LogP contribution in [0.3, 0.4) is 0 Å². The average molecular weight is 286 g/mol. The number of rotatable bonds is 2. The van der Waals surface area contributed by atoms with E-state index >= 15 is 0 Å². The van der Waals surface area contributed by atoms with E-state index in [1.165, 1.54) is 38.8 Å². The van der Waals surface area contributed by atoms with E-state index in [1.54, 1.807) is 0 Å². The zero-order valence-corrected chi connectivity index (χ0v) is 13.1. The highest BCUT2D eigenvalue weighted by molar-refractivity contribution is 5.78. The van der Waals surface area contributed by atoms with Crippen molar-refractivity contribution in [1.82, 2.24) is 9.80 Å². The topological polar surface area (TPSA) is 23.6 Å². The Labute approximate surface area is 127 Å². The lowest BCUT2D eigenvalue weighted by Crippen LogP contribution is -2.50. The highest BCUT2D eigenvalue weighted by Gasteiger charge is 2.38. The Hall–Kier alpha value is -1.35. The van der Waals surface area contributed by atoms with E-state index in [0.717, 1.165) is 18.7 Å². The summed E-state index contributed by atoms with van der Waals surface area (Å²) in [7, 11) is 2.20. The number of piperidine rings is 2. The van der Waals surface area contributed by atoms with E-state index in [2.05, 4.69) is 16.8 Å². The summed E-state index contributed by atoms with van der Waals surface area (Å²) in [4.78, 5) is 17.1. The largest absolute Gasteiger partial charge is 0.342 e. The molecule has 0 unspecified atom stereocenters. The first-order valence-corrected chi connectivity index (χ1v) is 8.17. The number of hydrogen-bond donors (Lipinski definition) is 0. The highest BCUT2D eigenvalue weighted by Crippen LogP contribution is 2.39. The van der Waals surface area contributed by atoms with Crippen LogP contribution in [0.15, 0.2) is 30.3 Å². The monoisotopic (exact) mass is 286 g/mol. The predicted molar refractivity (Wildman–Crippen MR) is 85.1 cm³/mol. The van der Waals surface area contributed by atoms with Crippen molar-refractivity contribution >= 4 is 5.91 Å². The summed E-state index contributed by atoms with van der Waals surface area (Å²) in [6, 6.07) is 10.1. The Bertz CT molecular complexity index is 477. The zero-order chi connectivity index (χ0) is 14.7. The van der Waals surface area contributed by atoms with Gasteiger partial charge in [0.15, 0.2) is 0 Å². The molecule has 0 aromatic heterocycles. The fraction of sp³-hybridized carbons (Fsp3) is 0.611. The minimum absolute atomic E-state index is 0.305. The smallest absolute Gasteiger partial charge is 0.227 e. The van der Waals surface area contributed by atoms with Crippen molar-refractivity contribution in [3.05, 3.63) is 35.9 Å². The quantitative estimate of drug-likeness (QED) is 0.834. The maximum absolute atomic E-state index is 12.6. The molecule has 1 aromatic rings. The summed E-state index contributed by atoms with van der Waals surface area (Å²) >= 11 is 0. The average Bonchev–Trinajstić information content (AvgIpc) is 2.52. The van der Waals surface area contributed by atoms with Gasteiger partial charge < -0.3 is 9.80 Å². The third-order valence-electron chi connectivity index (χ3n) is 5.26. The highest BCUT2D eigenvalue weighted by atomic mass is 16.2. The molecule has 0 atom stereocenters. The second-order valence-corrected chi connectivity index (χ2v) is 6.88. The number of nitrogens with zero attached hydrogens (tertiary/aromatic N) is 2. The summed E-state index contributed by atoms with van der Waals surface area (Å²) in [6.45, 7) is 4.29. The van der Waals surface area contributed by atoms with Gasteiger partial charge in [-0.15, -0.1) is 0 Å². The van der Waals surface area contributed by atoms with Crippen LogP contribution in [0.2, 0.25) is 0 Å². The number of hydrogen-bond acceptors (Lipinski definition) is 2. The van der Waals surface area contributed by atoms with Gasteiger partial charge in [-0.25, -0.2) is 0 Å². The van der Waals surface area contributed by atoms with Crippen molar-refractivity contribution in [2.24, 2.45) is 5.41 Å². The molecule has 2 heterocycles. The van der Waals surface area contributed by atoms with Gasteiger partial charge in [0, 0.05) is 13.1 Å². The predicted octanol–water partition coefficient (Wildman–Crippen LogP) is 2.56. The van der Waals surface area contributed by atoms with E-state index in [-0.39, 0.29) is 0 Å². The van der Waals surface area contributed by atoms with Gasteiger partial charge in [-0.1, -0.05) is 30.3 Å². The van der Waals surface area contributed by atoms with Gasteiger partial charge in [0.25, 0.3) is 0 Å².